The summed E-state index contributed by atoms with van der Waals surface area (Å²) in [4.78, 5) is 58.4. The number of benzene rings is 2. The molecule has 9 heteroatoms. The van der Waals surface area contributed by atoms with Crippen LogP contribution in [0.4, 0.5) is 10.5 Å². The zero-order valence-corrected chi connectivity index (χ0v) is 24.9. The lowest BCUT2D eigenvalue weighted by atomic mass is 9.91. The van der Waals surface area contributed by atoms with E-state index in [4.69, 9.17) is 0 Å². The number of rotatable bonds is 10. The molecule has 2 saturated heterocycles. The topological polar surface area (TPSA) is 102 Å². The third-order valence-electron chi connectivity index (χ3n) is 9.46. The first kappa shape index (κ1) is 29.1. The van der Waals surface area contributed by atoms with Gasteiger partial charge in [0.05, 0.1) is 0 Å². The fourth-order valence-corrected chi connectivity index (χ4v) is 6.81. The fourth-order valence-electron chi connectivity index (χ4n) is 6.81. The van der Waals surface area contributed by atoms with Crippen LogP contribution in [0.15, 0.2) is 60.7 Å². The average Bonchev–Trinajstić information content (AvgIpc) is 3.77. The zero-order chi connectivity index (χ0) is 30.0. The second kappa shape index (κ2) is 12.3. The van der Waals surface area contributed by atoms with Crippen LogP contribution in [0.3, 0.4) is 0 Å². The van der Waals surface area contributed by atoms with Gasteiger partial charge < -0.3 is 15.5 Å². The highest BCUT2D eigenvalue weighted by Gasteiger charge is 2.56. The average molecular weight is 584 g/mol. The molecule has 3 fully saturated rings. The molecule has 5 amide bonds. The number of fused-ring (bicyclic) bond motifs is 2. The number of urea groups is 1. The Morgan fingerprint density at radius 3 is 2.60 bits per heavy atom. The molecule has 2 atom stereocenters. The molecule has 226 valence electrons. The van der Waals surface area contributed by atoms with Crippen LogP contribution in [0.1, 0.15) is 62.1 Å². The normalized spacial score (nSPS) is 22.6. The number of hydrogen-bond donors (Lipinski definition) is 2. The Balaban J connectivity index is 1.11. The number of carbonyl (C=O) groups is 4. The van der Waals surface area contributed by atoms with E-state index in [1.165, 1.54) is 19.3 Å². The largest absolute Gasteiger partial charge is 0.334 e. The van der Waals surface area contributed by atoms with E-state index in [1.54, 1.807) is 12.1 Å². The van der Waals surface area contributed by atoms with Crippen molar-refractivity contribution in [1.82, 2.24) is 20.0 Å². The minimum Gasteiger partial charge on any atom is -0.334 e. The number of nitrogens with zero attached hydrogens (tertiary/aromatic N) is 3. The summed E-state index contributed by atoms with van der Waals surface area (Å²) >= 11 is 0. The molecule has 6 rings (SSSR count). The summed E-state index contributed by atoms with van der Waals surface area (Å²) in [5.74, 6) is -0.363. The van der Waals surface area contributed by atoms with Crippen LogP contribution in [-0.4, -0.2) is 70.7 Å². The van der Waals surface area contributed by atoms with Crippen molar-refractivity contribution in [1.29, 1.82) is 0 Å². The lowest BCUT2D eigenvalue weighted by molar-refractivity contribution is -0.141. The first-order chi connectivity index (χ1) is 20.8. The number of likely N-dealkylation sites (tertiary alicyclic amines) is 1. The van der Waals surface area contributed by atoms with Gasteiger partial charge in [-0.1, -0.05) is 48.9 Å². The van der Waals surface area contributed by atoms with E-state index in [0.717, 1.165) is 54.1 Å². The molecule has 2 aromatic carbocycles. The van der Waals surface area contributed by atoms with Crippen LogP contribution in [0.25, 0.3) is 0 Å². The quantitative estimate of drug-likeness (QED) is 0.323. The number of aryl methyl sites for hydroxylation is 1. The fraction of sp³-hybridized carbons (Fsp3) is 0.471. The van der Waals surface area contributed by atoms with Crippen molar-refractivity contribution in [3.63, 3.8) is 0 Å². The van der Waals surface area contributed by atoms with Gasteiger partial charge in [0, 0.05) is 30.9 Å². The van der Waals surface area contributed by atoms with Gasteiger partial charge in [0.15, 0.2) is 0 Å². The van der Waals surface area contributed by atoms with Crippen molar-refractivity contribution in [2.45, 2.75) is 70.0 Å². The van der Waals surface area contributed by atoms with E-state index < -0.39 is 11.6 Å². The molecule has 2 aliphatic heterocycles. The van der Waals surface area contributed by atoms with Gasteiger partial charge >= 0.3 is 6.03 Å². The molecule has 9 nitrogen and oxygen atoms in total. The zero-order valence-electron chi connectivity index (χ0n) is 24.9. The lowest BCUT2D eigenvalue weighted by Gasteiger charge is -2.31. The smallest absolute Gasteiger partial charge is 0.325 e. The van der Waals surface area contributed by atoms with Crippen LogP contribution >= 0.6 is 0 Å². The Morgan fingerprint density at radius 1 is 1.09 bits per heavy atom. The molecular formula is C34H41N5O4. The number of amides is 5. The number of nitrogens with one attached hydrogen (secondary N) is 2. The van der Waals surface area contributed by atoms with E-state index in [0.29, 0.717) is 31.0 Å². The maximum Gasteiger partial charge on any atom is 0.325 e. The first-order valence-electron chi connectivity index (χ1n) is 15.6. The van der Waals surface area contributed by atoms with Crippen molar-refractivity contribution in [2.24, 2.45) is 5.92 Å². The van der Waals surface area contributed by atoms with Crippen LogP contribution < -0.4 is 10.6 Å². The highest BCUT2D eigenvalue weighted by atomic mass is 16.2. The van der Waals surface area contributed by atoms with Crippen molar-refractivity contribution >= 4 is 29.4 Å². The summed E-state index contributed by atoms with van der Waals surface area (Å²) in [5.41, 5.74) is 2.12. The standard InChI is InChI=1S/C34H41N5O4/c1-24(26-12-13-26)38(22-25-9-4-2-5-10-25)31(41)23-39-32(42)34(36-33(39)43)17-16-27-21-28(14-15-29(27)34)35-30(40)11-8-20-37-18-6-3-7-19-37/h2,4-5,8-11,14-15,21,24,26H,3,6-7,12-13,16-20,22-23H2,1H3,(H,35,40)(H,36,43)/b11-8+/t24-,34?/m0/s1. The van der Waals surface area contributed by atoms with Crippen LogP contribution in [0, 0.1) is 5.92 Å². The summed E-state index contributed by atoms with van der Waals surface area (Å²) in [6.07, 6.45) is 10.3. The minimum atomic E-state index is -1.18. The number of hydrogen-bond acceptors (Lipinski definition) is 5. The highest BCUT2D eigenvalue weighted by molar-refractivity contribution is 6.10. The third kappa shape index (κ3) is 6.22. The van der Waals surface area contributed by atoms with Gasteiger partial charge in [-0.05, 0) is 93.3 Å². The Bertz CT molecular complexity index is 1420. The molecule has 1 saturated carbocycles. The summed E-state index contributed by atoms with van der Waals surface area (Å²) in [5, 5.41) is 5.85. The molecule has 0 aromatic heterocycles. The van der Waals surface area contributed by atoms with E-state index >= 15 is 0 Å². The number of anilines is 1. The Morgan fingerprint density at radius 2 is 1.86 bits per heavy atom. The van der Waals surface area contributed by atoms with Crippen molar-refractivity contribution in [3.8, 4) is 0 Å². The summed E-state index contributed by atoms with van der Waals surface area (Å²) < 4.78 is 0. The number of imide groups is 1. The molecule has 1 spiro atoms. The number of piperidine rings is 1. The van der Waals surface area contributed by atoms with Gasteiger partial charge in [-0.15, -0.1) is 0 Å². The first-order valence-corrected chi connectivity index (χ1v) is 15.6. The Labute approximate surface area is 253 Å². The predicted octanol–water partition coefficient (Wildman–Crippen LogP) is 4.19. The van der Waals surface area contributed by atoms with Gasteiger partial charge in [0.2, 0.25) is 11.8 Å². The molecule has 1 unspecified atom stereocenters. The Kier molecular flexibility index (Phi) is 8.34. The second-order valence-electron chi connectivity index (χ2n) is 12.4. The van der Waals surface area contributed by atoms with Crippen LogP contribution in [-0.2, 0) is 32.9 Å². The summed E-state index contributed by atoms with van der Waals surface area (Å²) in [6.45, 7) is 5.13. The molecule has 0 radical (unpaired) electrons. The summed E-state index contributed by atoms with van der Waals surface area (Å²) in [7, 11) is 0. The molecule has 2 heterocycles. The van der Waals surface area contributed by atoms with Gasteiger partial charge in [0.25, 0.3) is 5.91 Å². The highest BCUT2D eigenvalue weighted by Crippen LogP contribution is 2.42. The molecule has 43 heavy (non-hydrogen) atoms. The predicted molar refractivity (Wildman–Crippen MR) is 164 cm³/mol. The van der Waals surface area contributed by atoms with Crippen molar-refractivity contribution in [2.75, 3.05) is 31.5 Å². The van der Waals surface area contributed by atoms with E-state index in [2.05, 4.69) is 22.5 Å². The van der Waals surface area contributed by atoms with Crippen molar-refractivity contribution in [3.05, 3.63) is 77.4 Å². The summed E-state index contributed by atoms with van der Waals surface area (Å²) in [6, 6.07) is 14.8. The molecule has 0 bridgehead atoms. The van der Waals surface area contributed by atoms with E-state index in [-0.39, 0.29) is 30.3 Å². The second-order valence-corrected chi connectivity index (χ2v) is 12.4. The maximum atomic E-state index is 13.8. The van der Waals surface area contributed by atoms with Crippen LogP contribution in [0.2, 0.25) is 0 Å². The number of carbonyl (C=O) groups excluding carboxylic acids is 4. The monoisotopic (exact) mass is 583 g/mol. The van der Waals surface area contributed by atoms with E-state index in [9.17, 15) is 19.2 Å². The molecule has 2 N–H and O–H groups in total. The van der Waals surface area contributed by atoms with Gasteiger partial charge in [-0.3, -0.25) is 24.2 Å². The van der Waals surface area contributed by atoms with Crippen LogP contribution in [0.5, 0.6) is 0 Å². The van der Waals surface area contributed by atoms with Gasteiger partial charge in [-0.25, -0.2) is 4.79 Å². The minimum absolute atomic E-state index is 0.0304. The van der Waals surface area contributed by atoms with Gasteiger partial charge in [-0.2, -0.15) is 0 Å². The van der Waals surface area contributed by atoms with Crippen molar-refractivity contribution < 1.29 is 19.2 Å². The Hall–Kier alpha value is -3.98. The van der Waals surface area contributed by atoms with E-state index in [1.807, 2.05) is 53.4 Å². The molecule has 4 aliphatic rings. The molecule has 2 aromatic rings. The third-order valence-corrected chi connectivity index (χ3v) is 9.46. The molecule has 2 aliphatic carbocycles. The maximum absolute atomic E-state index is 13.8. The molecular weight excluding hydrogens is 542 g/mol. The lowest BCUT2D eigenvalue weighted by Crippen LogP contribution is -2.47. The van der Waals surface area contributed by atoms with Gasteiger partial charge in [0.1, 0.15) is 12.1 Å². The SMILES string of the molecule is C[C@@H](C1CC1)N(Cc1ccccc1)C(=O)CN1C(=O)NC2(CCc3cc(NC(=O)/C=C/CN4CCCCC4)ccc32)C1=O.